The third kappa shape index (κ3) is 2.75. The van der Waals surface area contributed by atoms with E-state index >= 15 is 0 Å². The minimum absolute atomic E-state index is 0.530. The zero-order valence-electron chi connectivity index (χ0n) is 11.0. The number of anilines is 2. The van der Waals surface area contributed by atoms with Gasteiger partial charge in [0.25, 0.3) is 0 Å². The second-order valence-electron chi connectivity index (χ2n) is 4.46. The van der Waals surface area contributed by atoms with Crippen molar-refractivity contribution in [2.45, 2.75) is 13.0 Å². The molecule has 0 heterocycles. The Labute approximate surface area is 113 Å². The molecule has 2 aromatic carbocycles. The monoisotopic (exact) mass is 252 g/mol. The first-order valence-electron chi connectivity index (χ1n) is 6.14. The molecule has 0 saturated carbocycles. The first-order chi connectivity index (χ1) is 9.13. The van der Waals surface area contributed by atoms with Crippen molar-refractivity contribution in [1.82, 2.24) is 0 Å². The predicted molar refractivity (Wildman–Crippen MR) is 76.3 cm³/mol. The van der Waals surface area contributed by atoms with Gasteiger partial charge in [0, 0.05) is 24.0 Å². The highest BCUT2D eigenvalue weighted by molar-refractivity contribution is 5.67. The fourth-order valence-corrected chi connectivity index (χ4v) is 2.07. The molecular formula is C16H16N2O. The zero-order chi connectivity index (χ0) is 13.8. The van der Waals surface area contributed by atoms with Crippen LogP contribution in [0.2, 0.25) is 0 Å². The van der Waals surface area contributed by atoms with Crippen LogP contribution in [0.25, 0.3) is 0 Å². The zero-order valence-corrected chi connectivity index (χ0v) is 11.0. The van der Waals surface area contributed by atoms with Gasteiger partial charge in [-0.3, -0.25) is 0 Å². The summed E-state index contributed by atoms with van der Waals surface area (Å²) in [7, 11) is 1.93. The second-order valence-corrected chi connectivity index (χ2v) is 4.46. The molecule has 0 saturated heterocycles. The van der Waals surface area contributed by atoms with Gasteiger partial charge < -0.3 is 10.0 Å². The van der Waals surface area contributed by atoms with Crippen LogP contribution in [0.1, 0.15) is 24.2 Å². The summed E-state index contributed by atoms with van der Waals surface area (Å²) in [5.74, 6) is 0. The highest BCUT2D eigenvalue weighted by atomic mass is 16.3. The van der Waals surface area contributed by atoms with Gasteiger partial charge in [0.1, 0.15) is 0 Å². The summed E-state index contributed by atoms with van der Waals surface area (Å²) in [5, 5.41) is 18.8. The van der Waals surface area contributed by atoms with Gasteiger partial charge in [-0.1, -0.05) is 24.3 Å². The maximum atomic E-state index is 9.82. The summed E-state index contributed by atoms with van der Waals surface area (Å²) in [6.45, 7) is 1.75. The van der Waals surface area contributed by atoms with Crippen molar-refractivity contribution < 1.29 is 5.11 Å². The maximum Gasteiger partial charge on any atom is 0.0992 e. The molecular weight excluding hydrogens is 236 g/mol. The molecule has 0 amide bonds. The van der Waals surface area contributed by atoms with Gasteiger partial charge in [-0.2, -0.15) is 5.26 Å². The smallest absolute Gasteiger partial charge is 0.0992 e. The molecule has 3 heteroatoms. The summed E-state index contributed by atoms with van der Waals surface area (Å²) in [5.41, 5.74) is 3.35. The van der Waals surface area contributed by atoms with Gasteiger partial charge in [0.2, 0.25) is 0 Å². The maximum absolute atomic E-state index is 9.82. The van der Waals surface area contributed by atoms with Crippen molar-refractivity contribution in [2.24, 2.45) is 0 Å². The third-order valence-corrected chi connectivity index (χ3v) is 3.11. The van der Waals surface area contributed by atoms with Crippen LogP contribution < -0.4 is 4.90 Å². The molecule has 0 radical (unpaired) electrons. The average molecular weight is 252 g/mol. The lowest BCUT2D eigenvalue weighted by atomic mass is 10.1. The molecule has 1 N–H and O–H groups in total. The van der Waals surface area contributed by atoms with Gasteiger partial charge in [0.15, 0.2) is 0 Å². The Morgan fingerprint density at radius 3 is 2.58 bits per heavy atom. The van der Waals surface area contributed by atoms with E-state index in [1.54, 1.807) is 13.0 Å². The Hall–Kier alpha value is -2.31. The number of hydrogen-bond acceptors (Lipinski definition) is 3. The molecule has 2 aromatic rings. The minimum atomic E-state index is -0.530. The van der Waals surface area contributed by atoms with E-state index in [0.29, 0.717) is 5.56 Å². The second kappa shape index (κ2) is 5.55. The average Bonchev–Trinajstić information content (AvgIpc) is 2.46. The van der Waals surface area contributed by atoms with Crippen molar-refractivity contribution in [3.8, 4) is 6.07 Å². The molecule has 0 aliphatic heterocycles. The Bertz CT molecular complexity index is 614. The molecule has 0 spiro atoms. The Morgan fingerprint density at radius 1 is 1.16 bits per heavy atom. The van der Waals surface area contributed by atoms with E-state index in [9.17, 15) is 5.11 Å². The number of benzene rings is 2. The van der Waals surface area contributed by atoms with Gasteiger partial charge in [-0.15, -0.1) is 0 Å². The summed E-state index contributed by atoms with van der Waals surface area (Å²) >= 11 is 0. The van der Waals surface area contributed by atoms with Crippen LogP contribution in [0, 0.1) is 11.3 Å². The molecule has 0 aromatic heterocycles. The number of rotatable bonds is 3. The molecule has 96 valence electrons. The largest absolute Gasteiger partial charge is 0.389 e. The van der Waals surface area contributed by atoms with Crippen LogP contribution in [0.5, 0.6) is 0 Å². The molecule has 1 unspecified atom stereocenters. The third-order valence-electron chi connectivity index (χ3n) is 3.11. The summed E-state index contributed by atoms with van der Waals surface area (Å²) < 4.78 is 0. The van der Waals surface area contributed by atoms with Crippen LogP contribution in [-0.4, -0.2) is 12.2 Å². The van der Waals surface area contributed by atoms with E-state index in [1.807, 2.05) is 54.4 Å². The summed E-state index contributed by atoms with van der Waals surface area (Å²) in [6.07, 6.45) is -0.530. The quantitative estimate of drug-likeness (QED) is 0.911. The van der Waals surface area contributed by atoms with E-state index < -0.39 is 6.10 Å². The van der Waals surface area contributed by atoms with E-state index in [4.69, 9.17) is 5.26 Å². The lowest BCUT2D eigenvalue weighted by molar-refractivity contribution is 0.200. The number of nitrogens with zero attached hydrogens (tertiary/aromatic N) is 2. The van der Waals surface area contributed by atoms with Gasteiger partial charge in [-0.05, 0) is 31.2 Å². The van der Waals surface area contributed by atoms with Crippen molar-refractivity contribution in [3.05, 3.63) is 59.7 Å². The van der Waals surface area contributed by atoms with E-state index in [-0.39, 0.29) is 0 Å². The van der Waals surface area contributed by atoms with Crippen molar-refractivity contribution in [3.63, 3.8) is 0 Å². The highest BCUT2D eigenvalue weighted by Gasteiger charge is 2.12. The SMILES string of the molecule is CC(O)c1ccccc1N(C)c1cccc(C#N)c1. The van der Waals surface area contributed by atoms with Crippen LogP contribution in [-0.2, 0) is 0 Å². The summed E-state index contributed by atoms with van der Waals surface area (Å²) in [4.78, 5) is 1.98. The summed E-state index contributed by atoms with van der Waals surface area (Å²) in [6, 6.07) is 17.3. The fourth-order valence-electron chi connectivity index (χ4n) is 2.07. The van der Waals surface area contributed by atoms with Gasteiger partial charge in [-0.25, -0.2) is 0 Å². The van der Waals surface area contributed by atoms with Crippen molar-refractivity contribution in [2.75, 3.05) is 11.9 Å². The van der Waals surface area contributed by atoms with Crippen LogP contribution >= 0.6 is 0 Å². The van der Waals surface area contributed by atoms with Crippen LogP contribution in [0.4, 0.5) is 11.4 Å². The predicted octanol–water partition coefficient (Wildman–Crippen LogP) is 3.38. The molecule has 0 aliphatic rings. The van der Waals surface area contributed by atoms with Crippen molar-refractivity contribution >= 4 is 11.4 Å². The molecule has 0 aliphatic carbocycles. The lowest BCUT2D eigenvalue weighted by Gasteiger charge is -2.23. The first-order valence-corrected chi connectivity index (χ1v) is 6.14. The number of para-hydroxylation sites is 1. The molecule has 3 nitrogen and oxygen atoms in total. The van der Waals surface area contributed by atoms with Crippen molar-refractivity contribution in [1.29, 1.82) is 5.26 Å². The van der Waals surface area contributed by atoms with E-state index in [1.165, 1.54) is 0 Å². The lowest BCUT2D eigenvalue weighted by Crippen LogP contribution is -2.12. The first kappa shape index (κ1) is 13.1. The topological polar surface area (TPSA) is 47.3 Å². The molecule has 0 bridgehead atoms. The van der Waals surface area contributed by atoms with Gasteiger partial charge in [0.05, 0.1) is 17.7 Å². The van der Waals surface area contributed by atoms with E-state index in [2.05, 4.69) is 6.07 Å². The molecule has 2 rings (SSSR count). The normalized spacial score (nSPS) is 11.7. The Balaban J connectivity index is 2.44. The Kier molecular flexibility index (Phi) is 3.84. The Morgan fingerprint density at radius 2 is 1.89 bits per heavy atom. The fraction of sp³-hybridized carbons (Fsp3) is 0.188. The molecule has 1 atom stereocenters. The number of hydrogen-bond donors (Lipinski definition) is 1. The van der Waals surface area contributed by atoms with Crippen LogP contribution in [0.15, 0.2) is 48.5 Å². The number of nitriles is 1. The molecule has 19 heavy (non-hydrogen) atoms. The minimum Gasteiger partial charge on any atom is -0.389 e. The van der Waals surface area contributed by atoms with Crippen LogP contribution in [0.3, 0.4) is 0 Å². The van der Waals surface area contributed by atoms with Gasteiger partial charge >= 0.3 is 0 Å². The van der Waals surface area contributed by atoms with E-state index in [0.717, 1.165) is 16.9 Å². The number of aliphatic hydroxyl groups is 1. The molecule has 0 fully saturated rings. The number of aliphatic hydroxyl groups excluding tert-OH is 1. The highest BCUT2D eigenvalue weighted by Crippen LogP contribution is 2.30. The standard InChI is InChI=1S/C16H16N2O/c1-12(19)15-8-3-4-9-16(15)18(2)14-7-5-6-13(10-14)11-17/h3-10,12,19H,1-2H3.